The Morgan fingerprint density at radius 1 is 1.04 bits per heavy atom. The molecule has 28 heavy (non-hydrogen) atoms. The molecule has 0 radical (unpaired) electrons. The minimum Gasteiger partial charge on any atom is -0.294 e. The van der Waals surface area contributed by atoms with Crippen molar-refractivity contribution in [2.75, 3.05) is 45.5 Å². The molecule has 2 heterocycles. The Labute approximate surface area is 167 Å². The Morgan fingerprint density at radius 3 is 2.25 bits per heavy atom. The van der Waals surface area contributed by atoms with Gasteiger partial charge in [-0.3, -0.25) is 4.90 Å². The Hall–Kier alpha value is -1.07. The van der Waals surface area contributed by atoms with Gasteiger partial charge < -0.3 is 0 Å². The van der Waals surface area contributed by atoms with E-state index in [9.17, 15) is 21.2 Å². The second-order valence-corrected chi connectivity index (χ2v) is 11.6. The second kappa shape index (κ2) is 7.98. The van der Waals surface area contributed by atoms with Crippen LogP contribution in [0.25, 0.3) is 0 Å². The van der Waals surface area contributed by atoms with E-state index in [0.29, 0.717) is 44.8 Å². The Kier molecular flexibility index (Phi) is 6.17. The van der Waals surface area contributed by atoms with Gasteiger partial charge >= 0.3 is 0 Å². The van der Waals surface area contributed by atoms with Crippen molar-refractivity contribution in [3.8, 4) is 0 Å². The summed E-state index contributed by atoms with van der Waals surface area (Å²) in [5.41, 5.74) is 0.202. The molecule has 0 bridgehead atoms. The summed E-state index contributed by atoms with van der Waals surface area (Å²) in [7, 11) is -6.75. The van der Waals surface area contributed by atoms with E-state index in [4.69, 9.17) is 0 Å². The molecule has 10 heteroatoms. The molecule has 2 fully saturated rings. The topological polar surface area (TPSA) is 78.0 Å². The zero-order valence-corrected chi connectivity index (χ0v) is 18.0. The van der Waals surface area contributed by atoms with E-state index in [2.05, 4.69) is 11.8 Å². The highest BCUT2D eigenvalue weighted by molar-refractivity contribution is 7.88. The van der Waals surface area contributed by atoms with Crippen LogP contribution in [0, 0.1) is 5.82 Å². The largest absolute Gasteiger partial charge is 0.294 e. The average molecular weight is 434 g/mol. The van der Waals surface area contributed by atoms with E-state index in [-0.39, 0.29) is 11.3 Å². The Bertz CT molecular complexity index is 915. The molecule has 1 aromatic carbocycles. The Balaban J connectivity index is 1.65. The zero-order valence-electron chi connectivity index (χ0n) is 16.3. The molecule has 0 aliphatic carbocycles. The van der Waals surface area contributed by atoms with Crippen LogP contribution >= 0.6 is 0 Å². The molecule has 0 spiro atoms. The van der Waals surface area contributed by atoms with E-state index in [0.717, 1.165) is 12.8 Å². The van der Waals surface area contributed by atoms with E-state index in [1.165, 1.54) is 33.1 Å². The third kappa shape index (κ3) is 4.56. The summed E-state index contributed by atoms with van der Waals surface area (Å²) in [6.45, 7) is 4.86. The van der Waals surface area contributed by atoms with Crippen molar-refractivity contribution in [2.24, 2.45) is 0 Å². The molecule has 2 aliphatic rings. The fourth-order valence-electron chi connectivity index (χ4n) is 4.24. The number of piperazine rings is 1. The molecule has 2 aliphatic heterocycles. The fourth-order valence-corrected chi connectivity index (χ4v) is 6.64. The van der Waals surface area contributed by atoms with Gasteiger partial charge in [0.25, 0.3) is 0 Å². The van der Waals surface area contributed by atoms with Gasteiger partial charge in [0.05, 0.1) is 12.0 Å². The molecule has 7 nitrogen and oxygen atoms in total. The number of halogens is 1. The normalized spacial score (nSPS) is 26.0. The highest BCUT2D eigenvalue weighted by Gasteiger charge is 2.45. The minimum absolute atomic E-state index is 0.217. The number of hydrogen-bond donors (Lipinski definition) is 0. The van der Waals surface area contributed by atoms with Crippen molar-refractivity contribution in [3.05, 3.63) is 35.6 Å². The lowest BCUT2D eigenvalue weighted by molar-refractivity contribution is 0.0599. The first kappa shape index (κ1) is 21.6. The quantitative estimate of drug-likeness (QED) is 0.671. The first-order valence-electron chi connectivity index (χ1n) is 9.48. The molecule has 0 amide bonds. The van der Waals surface area contributed by atoms with Gasteiger partial charge in [-0.05, 0) is 30.5 Å². The smallest absolute Gasteiger partial charge is 0.218 e. The van der Waals surface area contributed by atoms with Crippen LogP contribution in [0.1, 0.15) is 25.3 Å². The first-order chi connectivity index (χ1) is 13.1. The highest BCUT2D eigenvalue weighted by atomic mass is 32.2. The van der Waals surface area contributed by atoms with Crippen LogP contribution in [0.5, 0.6) is 0 Å². The van der Waals surface area contributed by atoms with Crippen LogP contribution in [-0.2, 0) is 25.8 Å². The van der Waals surface area contributed by atoms with Crippen molar-refractivity contribution in [2.45, 2.75) is 31.1 Å². The van der Waals surface area contributed by atoms with Gasteiger partial charge in [-0.15, -0.1) is 0 Å². The van der Waals surface area contributed by atoms with Crippen molar-refractivity contribution in [1.82, 2.24) is 13.5 Å². The number of nitrogens with zero attached hydrogens (tertiary/aromatic N) is 3. The summed E-state index contributed by atoms with van der Waals surface area (Å²) in [6, 6.07) is 5.66. The van der Waals surface area contributed by atoms with Gasteiger partial charge in [0.2, 0.25) is 20.0 Å². The predicted octanol–water partition coefficient (Wildman–Crippen LogP) is 1.09. The van der Waals surface area contributed by atoms with Crippen molar-refractivity contribution in [3.63, 3.8) is 0 Å². The SMILES string of the molecule is CCC1(N2CCN(S(=O)(=O)Cc3cccc(F)c3)CC2)CCN(S(C)(=O)=O)C1. The van der Waals surface area contributed by atoms with Crippen molar-refractivity contribution < 1.29 is 21.2 Å². The summed E-state index contributed by atoms with van der Waals surface area (Å²) in [6.07, 6.45) is 2.80. The van der Waals surface area contributed by atoms with Gasteiger partial charge in [-0.2, -0.15) is 4.31 Å². The van der Waals surface area contributed by atoms with E-state index >= 15 is 0 Å². The monoisotopic (exact) mass is 433 g/mol. The maximum Gasteiger partial charge on any atom is 0.218 e. The van der Waals surface area contributed by atoms with E-state index in [1.54, 1.807) is 6.07 Å². The van der Waals surface area contributed by atoms with Gasteiger partial charge in [0.15, 0.2) is 0 Å². The van der Waals surface area contributed by atoms with Gasteiger partial charge in [-0.25, -0.2) is 25.5 Å². The lowest BCUT2D eigenvalue weighted by Gasteiger charge is -2.45. The van der Waals surface area contributed by atoms with Crippen molar-refractivity contribution in [1.29, 1.82) is 0 Å². The number of hydrogen-bond acceptors (Lipinski definition) is 5. The molecular weight excluding hydrogens is 405 g/mol. The molecule has 158 valence electrons. The standard InChI is InChI=1S/C18H28FN3O4S2/c1-3-18(7-8-22(15-18)27(2,23)24)20-9-11-21(12-10-20)28(25,26)14-16-5-4-6-17(19)13-16/h4-6,13H,3,7-12,14-15H2,1-2H3. The van der Waals surface area contributed by atoms with Crippen LogP contribution in [0.4, 0.5) is 4.39 Å². The van der Waals surface area contributed by atoms with Crippen LogP contribution < -0.4 is 0 Å². The number of sulfonamides is 2. The van der Waals surface area contributed by atoms with Crippen LogP contribution in [0.15, 0.2) is 24.3 Å². The minimum atomic E-state index is -3.53. The molecule has 3 rings (SSSR count). The summed E-state index contributed by atoms with van der Waals surface area (Å²) in [5, 5.41) is 0. The zero-order chi connectivity index (χ0) is 20.6. The summed E-state index contributed by atoms with van der Waals surface area (Å²) in [4.78, 5) is 2.24. The maximum absolute atomic E-state index is 13.3. The lowest BCUT2D eigenvalue weighted by Crippen LogP contribution is -2.59. The van der Waals surface area contributed by atoms with Gasteiger partial charge in [0.1, 0.15) is 5.82 Å². The van der Waals surface area contributed by atoms with E-state index in [1.807, 2.05) is 0 Å². The molecule has 0 saturated carbocycles. The molecule has 0 N–H and O–H groups in total. The molecule has 1 aromatic rings. The second-order valence-electron chi connectivity index (χ2n) is 7.70. The third-order valence-corrected chi connectivity index (χ3v) is 9.07. The summed E-state index contributed by atoms with van der Waals surface area (Å²) >= 11 is 0. The third-order valence-electron chi connectivity index (χ3n) is 5.97. The summed E-state index contributed by atoms with van der Waals surface area (Å²) < 4.78 is 65.6. The molecule has 1 unspecified atom stereocenters. The maximum atomic E-state index is 13.3. The molecule has 0 aromatic heterocycles. The predicted molar refractivity (Wildman–Crippen MR) is 106 cm³/mol. The molecule has 2 saturated heterocycles. The van der Waals surface area contributed by atoms with Crippen LogP contribution in [0.3, 0.4) is 0 Å². The number of rotatable bonds is 6. The van der Waals surface area contributed by atoms with E-state index < -0.39 is 25.9 Å². The van der Waals surface area contributed by atoms with Gasteiger partial charge in [-0.1, -0.05) is 19.1 Å². The van der Waals surface area contributed by atoms with Gasteiger partial charge in [0, 0.05) is 44.8 Å². The molecule has 1 atom stereocenters. The number of benzene rings is 1. The Morgan fingerprint density at radius 2 is 1.71 bits per heavy atom. The summed E-state index contributed by atoms with van der Waals surface area (Å²) in [5.74, 6) is -0.662. The lowest BCUT2D eigenvalue weighted by atomic mass is 9.92. The van der Waals surface area contributed by atoms with Crippen LogP contribution in [-0.4, -0.2) is 81.4 Å². The molecular formula is C18H28FN3O4S2. The average Bonchev–Trinajstić information content (AvgIpc) is 3.08. The van der Waals surface area contributed by atoms with Crippen molar-refractivity contribution >= 4 is 20.0 Å². The fraction of sp³-hybridized carbons (Fsp3) is 0.667. The first-order valence-corrected chi connectivity index (χ1v) is 12.9. The highest BCUT2D eigenvalue weighted by Crippen LogP contribution is 2.33. The van der Waals surface area contributed by atoms with Crippen LogP contribution in [0.2, 0.25) is 0 Å².